The number of rotatable bonds is 6. The van der Waals surface area contributed by atoms with E-state index in [4.69, 9.17) is 10.5 Å². The van der Waals surface area contributed by atoms with Crippen molar-refractivity contribution in [3.63, 3.8) is 0 Å². The summed E-state index contributed by atoms with van der Waals surface area (Å²) in [6, 6.07) is 5.94. The molecular weight excluding hydrogens is 256 g/mol. The van der Waals surface area contributed by atoms with E-state index >= 15 is 0 Å². The van der Waals surface area contributed by atoms with Crippen molar-refractivity contribution in [2.45, 2.75) is 31.1 Å². The Balaban J connectivity index is 1.82. The van der Waals surface area contributed by atoms with Crippen molar-refractivity contribution in [1.82, 2.24) is 5.32 Å². The van der Waals surface area contributed by atoms with Crippen molar-refractivity contribution >= 4 is 17.4 Å². The molecule has 0 amide bonds. The molecule has 0 spiro atoms. The van der Waals surface area contributed by atoms with Crippen molar-refractivity contribution in [3.8, 4) is 5.75 Å². The number of thioether (sulfide) groups is 1. The maximum atomic E-state index is 6.02. The molecule has 0 aliphatic carbocycles. The van der Waals surface area contributed by atoms with Gasteiger partial charge in [0.05, 0.1) is 6.61 Å². The van der Waals surface area contributed by atoms with Gasteiger partial charge in [-0.05, 0) is 69.1 Å². The van der Waals surface area contributed by atoms with Gasteiger partial charge in [-0.3, -0.25) is 0 Å². The van der Waals surface area contributed by atoms with Crippen LogP contribution in [0.25, 0.3) is 0 Å². The smallest absolute Gasteiger partial charge is 0.120 e. The van der Waals surface area contributed by atoms with Crippen LogP contribution in [0, 0.1) is 5.92 Å². The van der Waals surface area contributed by atoms with Crippen molar-refractivity contribution in [2.24, 2.45) is 5.92 Å². The summed E-state index contributed by atoms with van der Waals surface area (Å²) in [6.07, 6.45) is 3.94. The lowest BCUT2D eigenvalue weighted by atomic mass is 9.97. The van der Waals surface area contributed by atoms with Gasteiger partial charge in [-0.25, -0.2) is 0 Å². The van der Waals surface area contributed by atoms with Crippen molar-refractivity contribution < 1.29 is 4.74 Å². The molecule has 3 N–H and O–H groups in total. The van der Waals surface area contributed by atoms with Gasteiger partial charge in [0.1, 0.15) is 5.75 Å². The van der Waals surface area contributed by atoms with E-state index in [1.807, 2.05) is 30.8 Å². The minimum absolute atomic E-state index is 0.696. The Morgan fingerprint density at radius 1 is 1.47 bits per heavy atom. The van der Waals surface area contributed by atoms with Gasteiger partial charge in [-0.2, -0.15) is 0 Å². The van der Waals surface area contributed by atoms with Crippen molar-refractivity contribution in [2.75, 3.05) is 31.2 Å². The molecule has 19 heavy (non-hydrogen) atoms. The Morgan fingerprint density at radius 2 is 2.37 bits per heavy atom. The number of hydrogen-bond donors (Lipinski definition) is 2. The summed E-state index contributed by atoms with van der Waals surface area (Å²) in [7, 11) is 0. The molecule has 0 saturated carbocycles. The van der Waals surface area contributed by atoms with Gasteiger partial charge in [0.25, 0.3) is 0 Å². The molecule has 1 aliphatic rings. The summed E-state index contributed by atoms with van der Waals surface area (Å²) in [5.41, 5.74) is 6.87. The molecule has 0 aromatic heterocycles. The van der Waals surface area contributed by atoms with Gasteiger partial charge in [-0.1, -0.05) is 0 Å². The number of hydrogen-bond acceptors (Lipinski definition) is 4. The van der Waals surface area contributed by atoms with Crippen LogP contribution in [-0.2, 0) is 0 Å². The lowest BCUT2D eigenvalue weighted by Crippen LogP contribution is -2.29. The van der Waals surface area contributed by atoms with Crippen LogP contribution in [0.2, 0.25) is 0 Å². The van der Waals surface area contributed by atoms with E-state index in [0.717, 1.165) is 28.0 Å². The van der Waals surface area contributed by atoms with Gasteiger partial charge < -0.3 is 15.8 Å². The minimum atomic E-state index is 0.696. The van der Waals surface area contributed by atoms with Crippen LogP contribution in [-0.4, -0.2) is 25.4 Å². The molecule has 1 heterocycles. The van der Waals surface area contributed by atoms with Crippen LogP contribution in [0.4, 0.5) is 5.69 Å². The van der Waals surface area contributed by atoms with Crippen LogP contribution in [0.15, 0.2) is 23.1 Å². The Labute approximate surface area is 120 Å². The largest absolute Gasteiger partial charge is 0.494 e. The van der Waals surface area contributed by atoms with Crippen LogP contribution in [0.1, 0.15) is 26.2 Å². The number of piperidine rings is 1. The fraction of sp³-hybridized carbons (Fsp3) is 0.600. The van der Waals surface area contributed by atoms with Gasteiger partial charge in [0.2, 0.25) is 0 Å². The molecule has 1 aromatic carbocycles. The van der Waals surface area contributed by atoms with Gasteiger partial charge in [0, 0.05) is 10.6 Å². The Kier molecular flexibility index (Phi) is 5.86. The van der Waals surface area contributed by atoms with Crippen LogP contribution in [0.3, 0.4) is 0 Å². The maximum absolute atomic E-state index is 6.02. The SMILES string of the molecule is CCOc1ccc(N)c(SCCC2CCCNC2)c1. The van der Waals surface area contributed by atoms with E-state index in [9.17, 15) is 0 Å². The highest BCUT2D eigenvalue weighted by molar-refractivity contribution is 7.99. The number of anilines is 1. The lowest BCUT2D eigenvalue weighted by molar-refractivity contribution is 0.339. The first-order valence-corrected chi connectivity index (χ1v) is 8.14. The summed E-state index contributed by atoms with van der Waals surface area (Å²) in [6.45, 7) is 5.06. The van der Waals surface area contributed by atoms with Crippen molar-refractivity contribution in [1.29, 1.82) is 0 Å². The average Bonchev–Trinajstić information content (AvgIpc) is 2.44. The van der Waals surface area contributed by atoms with Gasteiger partial charge in [0.15, 0.2) is 0 Å². The van der Waals surface area contributed by atoms with Crippen molar-refractivity contribution in [3.05, 3.63) is 18.2 Å². The van der Waals surface area contributed by atoms with Crippen LogP contribution < -0.4 is 15.8 Å². The zero-order valence-corrected chi connectivity index (χ0v) is 12.5. The minimum Gasteiger partial charge on any atom is -0.494 e. The molecule has 4 heteroatoms. The fourth-order valence-electron chi connectivity index (χ4n) is 2.40. The fourth-order valence-corrected chi connectivity index (χ4v) is 3.51. The molecular formula is C15H24N2OS. The molecule has 1 saturated heterocycles. The molecule has 1 fully saturated rings. The van der Waals surface area contributed by atoms with E-state index in [1.54, 1.807) is 0 Å². The first-order valence-electron chi connectivity index (χ1n) is 7.15. The standard InChI is InChI=1S/C15H24N2OS/c1-2-18-13-5-6-14(16)15(10-13)19-9-7-12-4-3-8-17-11-12/h5-6,10,12,17H,2-4,7-9,11,16H2,1H3. The number of nitrogens with two attached hydrogens (primary N) is 1. The third-order valence-electron chi connectivity index (χ3n) is 3.48. The normalized spacial score (nSPS) is 19.3. The van der Waals surface area contributed by atoms with E-state index in [0.29, 0.717) is 6.61 Å². The highest BCUT2D eigenvalue weighted by Crippen LogP contribution is 2.30. The predicted molar refractivity (Wildman–Crippen MR) is 83.0 cm³/mol. The predicted octanol–water partition coefficient (Wildman–Crippen LogP) is 3.15. The second kappa shape index (κ2) is 7.65. The topological polar surface area (TPSA) is 47.3 Å². The summed E-state index contributed by atoms with van der Waals surface area (Å²) in [5, 5.41) is 3.47. The highest BCUT2D eigenvalue weighted by Gasteiger charge is 2.13. The van der Waals surface area contributed by atoms with E-state index in [1.165, 1.54) is 32.4 Å². The first kappa shape index (κ1) is 14.5. The number of nitrogens with one attached hydrogen (secondary N) is 1. The summed E-state index contributed by atoms with van der Waals surface area (Å²) in [5.74, 6) is 2.88. The second-order valence-electron chi connectivity index (χ2n) is 4.98. The number of benzene rings is 1. The Morgan fingerprint density at radius 3 is 3.11 bits per heavy atom. The molecule has 1 aliphatic heterocycles. The van der Waals surface area contributed by atoms with E-state index < -0.39 is 0 Å². The zero-order chi connectivity index (χ0) is 13.5. The maximum Gasteiger partial charge on any atom is 0.120 e. The summed E-state index contributed by atoms with van der Waals surface area (Å²) in [4.78, 5) is 1.15. The third kappa shape index (κ3) is 4.62. The highest BCUT2D eigenvalue weighted by atomic mass is 32.2. The summed E-state index contributed by atoms with van der Waals surface area (Å²) >= 11 is 1.85. The molecule has 1 unspecified atom stereocenters. The lowest BCUT2D eigenvalue weighted by Gasteiger charge is -2.22. The molecule has 0 bridgehead atoms. The van der Waals surface area contributed by atoms with Gasteiger partial charge >= 0.3 is 0 Å². The molecule has 106 valence electrons. The number of ether oxygens (including phenoxy) is 1. The van der Waals surface area contributed by atoms with Gasteiger partial charge in [-0.15, -0.1) is 11.8 Å². The Hall–Kier alpha value is -0.870. The number of nitrogen functional groups attached to an aromatic ring is 1. The third-order valence-corrected chi connectivity index (χ3v) is 4.58. The molecule has 1 atom stereocenters. The van der Waals surface area contributed by atoms with Crippen LogP contribution >= 0.6 is 11.8 Å². The van der Waals surface area contributed by atoms with Crippen LogP contribution in [0.5, 0.6) is 5.75 Å². The van der Waals surface area contributed by atoms with E-state index in [-0.39, 0.29) is 0 Å². The Bertz CT molecular complexity index is 392. The molecule has 1 aromatic rings. The monoisotopic (exact) mass is 280 g/mol. The molecule has 3 nitrogen and oxygen atoms in total. The van der Waals surface area contributed by atoms with E-state index in [2.05, 4.69) is 11.4 Å². The average molecular weight is 280 g/mol. The molecule has 0 radical (unpaired) electrons. The quantitative estimate of drug-likeness (QED) is 0.621. The molecule has 2 rings (SSSR count). The summed E-state index contributed by atoms with van der Waals surface area (Å²) < 4.78 is 5.52. The first-order chi connectivity index (χ1) is 9.29. The zero-order valence-electron chi connectivity index (χ0n) is 11.7. The second-order valence-corrected chi connectivity index (χ2v) is 6.12.